The van der Waals surface area contributed by atoms with Crippen molar-refractivity contribution in [2.45, 2.75) is 0 Å². The van der Waals surface area contributed by atoms with Crippen molar-refractivity contribution in [3.8, 4) is 33.4 Å². The van der Waals surface area contributed by atoms with Gasteiger partial charge in [0.05, 0.1) is 0 Å². The van der Waals surface area contributed by atoms with Crippen LogP contribution in [0.15, 0.2) is 207 Å². The predicted octanol–water partition coefficient (Wildman–Crippen LogP) is 13.4. The van der Waals surface area contributed by atoms with Gasteiger partial charge in [-0.25, -0.2) is 9.98 Å². The first-order valence-corrected chi connectivity index (χ1v) is 18.6. The summed E-state index contributed by atoms with van der Waals surface area (Å²) in [4.78, 5) is 9.43. The third kappa shape index (κ3) is 5.98. The fourth-order valence-electron chi connectivity index (χ4n) is 7.62. The van der Waals surface area contributed by atoms with E-state index >= 15 is 0 Å². The van der Waals surface area contributed by atoms with Crippen LogP contribution in [-0.4, -0.2) is 17.9 Å². The largest absolute Gasteiger partial charge is 0.456 e. The summed E-state index contributed by atoms with van der Waals surface area (Å²) >= 11 is 0. The Morgan fingerprint density at radius 2 is 1.00 bits per heavy atom. The standard InChI is InChI=1S/C51H33N3O2/c52-50(35-16-6-2-7-17-35)54-51(36-18-8-3-9-19-36)53-32-33-26-28-42-47(30-33)56-45-24-12-22-40(48(42)45)38-20-10-11-21-39(38)41-23-13-25-46-49(41)43-31-37(27-29-44(43)55-46)34-14-4-1-5-15-34/h1-32,52H. The number of hydrogen-bond acceptors (Lipinski definition) is 3. The Morgan fingerprint density at radius 3 is 1.68 bits per heavy atom. The minimum atomic E-state index is 0.149. The van der Waals surface area contributed by atoms with Gasteiger partial charge in [0, 0.05) is 38.9 Å². The second kappa shape index (κ2) is 14.0. The van der Waals surface area contributed by atoms with Gasteiger partial charge in [-0.15, -0.1) is 0 Å². The lowest BCUT2D eigenvalue weighted by Gasteiger charge is -2.12. The van der Waals surface area contributed by atoms with Crippen LogP contribution in [-0.2, 0) is 0 Å². The Balaban J connectivity index is 1.06. The van der Waals surface area contributed by atoms with E-state index in [0.29, 0.717) is 5.84 Å². The number of furan rings is 2. The topological polar surface area (TPSA) is 74.8 Å². The highest BCUT2D eigenvalue weighted by molar-refractivity contribution is 6.18. The fourth-order valence-corrected chi connectivity index (χ4v) is 7.62. The molecule has 0 unspecified atom stereocenters. The number of hydrogen-bond donors (Lipinski definition) is 1. The van der Waals surface area contributed by atoms with Crippen molar-refractivity contribution in [2.24, 2.45) is 9.98 Å². The molecule has 2 aromatic heterocycles. The van der Waals surface area contributed by atoms with Crippen molar-refractivity contribution in [3.05, 3.63) is 205 Å². The summed E-state index contributed by atoms with van der Waals surface area (Å²) in [5.41, 5.74) is 12.5. The molecule has 5 nitrogen and oxygen atoms in total. The van der Waals surface area contributed by atoms with Crippen molar-refractivity contribution in [3.63, 3.8) is 0 Å². The maximum absolute atomic E-state index is 8.65. The second-order valence-corrected chi connectivity index (χ2v) is 13.7. The van der Waals surface area contributed by atoms with Gasteiger partial charge in [-0.05, 0) is 75.3 Å². The number of fused-ring (bicyclic) bond motifs is 6. The smallest absolute Gasteiger partial charge is 0.161 e. The van der Waals surface area contributed by atoms with Crippen LogP contribution < -0.4 is 0 Å². The summed E-state index contributed by atoms with van der Waals surface area (Å²) in [5.74, 6) is 0.607. The average Bonchev–Trinajstić information content (AvgIpc) is 3.84. The second-order valence-electron chi connectivity index (χ2n) is 13.7. The van der Waals surface area contributed by atoms with Crippen LogP contribution in [0.4, 0.5) is 0 Å². The lowest BCUT2D eigenvalue weighted by Crippen LogP contribution is -2.04. The van der Waals surface area contributed by atoms with Crippen LogP contribution in [0.1, 0.15) is 16.7 Å². The summed E-state index contributed by atoms with van der Waals surface area (Å²) in [6, 6.07) is 63.5. The molecule has 5 heteroatoms. The van der Waals surface area contributed by atoms with E-state index in [9.17, 15) is 0 Å². The minimum absolute atomic E-state index is 0.149. The normalized spacial score (nSPS) is 12.0. The lowest BCUT2D eigenvalue weighted by atomic mass is 9.90. The van der Waals surface area contributed by atoms with Crippen molar-refractivity contribution in [1.29, 1.82) is 5.41 Å². The zero-order valence-electron chi connectivity index (χ0n) is 30.2. The molecule has 8 aromatic carbocycles. The highest BCUT2D eigenvalue weighted by Crippen LogP contribution is 2.44. The molecule has 1 N–H and O–H groups in total. The van der Waals surface area contributed by atoms with E-state index < -0.39 is 0 Å². The number of nitrogens with one attached hydrogen (secondary N) is 1. The molecule has 0 spiro atoms. The first kappa shape index (κ1) is 33.0. The Labute approximate surface area is 323 Å². The molecule has 10 aromatic rings. The van der Waals surface area contributed by atoms with Gasteiger partial charge in [0.15, 0.2) is 11.7 Å². The average molecular weight is 720 g/mol. The monoisotopic (exact) mass is 719 g/mol. The fraction of sp³-hybridized carbons (Fsp3) is 0. The van der Waals surface area contributed by atoms with Crippen molar-refractivity contribution in [2.75, 3.05) is 0 Å². The third-order valence-electron chi connectivity index (χ3n) is 10.3. The Morgan fingerprint density at radius 1 is 0.429 bits per heavy atom. The Hall–Kier alpha value is -7.63. The molecule has 0 aliphatic rings. The first-order valence-electron chi connectivity index (χ1n) is 18.6. The minimum Gasteiger partial charge on any atom is -0.456 e. The van der Waals surface area contributed by atoms with E-state index in [1.165, 1.54) is 5.56 Å². The molecule has 0 aliphatic carbocycles. The first-order chi connectivity index (χ1) is 27.7. The van der Waals surface area contributed by atoms with Gasteiger partial charge >= 0.3 is 0 Å². The number of aliphatic imine (C=N–C) groups is 2. The maximum atomic E-state index is 8.65. The van der Waals surface area contributed by atoms with Gasteiger partial charge in [-0.1, -0.05) is 152 Å². The van der Waals surface area contributed by atoms with Crippen LogP contribution in [0.25, 0.3) is 77.3 Å². The molecular formula is C51H33N3O2. The molecule has 0 bridgehead atoms. The number of benzene rings is 8. The summed E-state index contributed by atoms with van der Waals surface area (Å²) < 4.78 is 13.0. The summed E-state index contributed by atoms with van der Waals surface area (Å²) in [5, 5.41) is 12.9. The molecule has 0 atom stereocenters. The van der Waals surface area contributed by atoms with E-state index in [2.05, 4.69) is 114 Å². The molecule has 0 saturated carbocycles. The molecule has 2 heterocycles. The molecule has 10 rings (SSSR count). The third-order valence-corrected chi connectivity index (χ3v) is 10.3. The maximum Gasteiger partial charge on any atom is 0.161 e. The zero-order chi connectivity index (χ0) is 37.4. The van der Waals surface area contributed by atoms with Crippen molar-refractivity contribution in [1.82, 2.24) is 0 Å². The SMILES string of the molecule is N=C(N=C(N=Cc1ccc2c(c1)oc1cccc(-c3ccccc3-c3cccc4oc5ccc(-c6ccccc6)cc5c34)c12)c1ccccc1)c1ccccc1. The van der Waals surface area contributed by atoms with Crippen molar-refractivity contribution >= 4 is 61.8 Å². The van der Waals surface area contributed by atoms with Gasteiger partial charge in [-0.2, -0.15) is 0 Å². The summed E-state index contributed by atoms with van der Waals surface area (Å²) in [6.45, 7) is 0. The van der Waals surface area contributed by atoms with Gasteiger partial charge in [-0.3, -0.25) is 5.41 Å². The van der Waals surface area contributed by atoms with Crippen LogP contribution in [0.2, 0.25) is 0 Å². The molecule has 0 fully saturated rings. The lowest BCUT2D eigenvalue weighted by molar-refractivity contribution is 0.668. The molecule has 264 valence electrons. The van der Waals surface area contributed by atoms with E-state index in [-0.39, 0.29) is 5.84 Å². The van der Waals surface area contributed by atoms with E-state index in [1.807, 2.05) is 78.9 Å². The molecule has 0 radical (unpaired) electrons. The van der Waals surface area contributed by atoms with Gasteiger partial charge in [0.1, 0.15) is 22.3 Å². The quantitative estimate of drug-likeness (QED) is 0.137. The highest BCUT2D eigenvalue weighted by Gasteiger charge is 2.19. The predicted molar refractivity (Wildman–Crippen MR) is 231 cm³/mol. The van der Waals surface area contributed by atoms with Gasteiger partial charge in [0.2, 0.25) is 0 Å². The highest BCUT2D eigenvalue weighted by atomic mass is 16.3. The van der Waals surface area contributed by atoms with Gasteiger partial charge in [0.25, 0.3) is 0 Å². The Kier molecular flexibility index (Phi) is 8.23. The number of nitrogens with zero attached hydrogens (tertiary/aromatic N) is 2. The van der Waals surface area contributed by atoms with Gasteiger partial charge < -0.3 is 8.83 Å². The van der Waals surface area contributed by atoms with E-state index in [0.717, 1.165) is 88.4 Å². The zero-order valence-corrected chi connectivity index (χ0v) is 30.2. The molecule has 56 heavy (non-hydrogen) atoms. The van der Waals surface area contributed by atoms with E-state index in [4.69, 9.17) is 19.2 Å². The van der Waals surface area contributed by atoms with Crippen LogP contribution in [0.5, 0.6) is 0 Å². The number of amidine groups is 2. The molecule has 0 amide bonds. The van der Waals surface area contributed by atoms with E-state index in [1.54, 1.807) is 6.21 Å². The number of rotatable bonds is 6. The summed E-state index contributed by atoms with van der Waals surface area (Å²) in [7, 11) is 0. The Bertz CT molecular complexity index is 3140. The summed E-state index contributed by atoms with van der Waals surface area (Å²) in [6.07, 6.45) is 1.78. The van der Waals surface area contributed by atoms with Crippen LogP contribution in [0, 0.1) is 5.41 Å². The molecule has 0 saturated heterocycles. The molecular weight excluding hydrogens is 687 g/mol. The van der Waals surface area contributed by atoms with Crippen molar-refractivity contribution < 1.29 is 8.83 Å². The molecule has 0 aliphatic heterocycles. The van der Waals surface area contributed by atoms with Crippen LogP contribution in [0.3, 0.4) is 0 Å². The van der Waals surface area contributed by atoms with Crippen LogP contribution >= 0.6 is 0 Å².